The average molecular weight is 451 g/mol. The quantitative estimate of drug-likeness (QED) is 0.621. The lowest BCUT2D eigenvalue weighted by Gasteiger charge is -2.08. The van der Waals surface area contributed by atoms with E-state index in [1.54, 1.807) is 12.1 Å². The number of anilines is 1. The van der Waals surface area contributed by atoms with E-state index >= 15 is 0 Å². The molecule has 0 atom stereocenters. The first kappa shape index (κ1) is 14.8. The van der Waals surface area contributed by atoms with Crippen LogP contribution in [0.5, 0.6) is 0 Å². The fourth-order valence-corrected chi connectivity index (χ4v) is 3.16. The van der Waals surface area contributed by atoms with E-state index in [0.29, 0.717) is 16.3 Å². The molecule has 0 unspecified atom stereocenters. The summed E-state index contributed by atoms with van der Waals surface area (Å²) >= 11 is 11.7. The van der Waals surface area contributed by atoms with Crippen LogP contribution in [0.15, 0.2) is 40.9 Å². The first-order valence-electron chi connectivity index (χ1n) is 5.49. The van der Waals surface area contributed by atoms with Crippen molar-refractivity contribution in [2.45, 2.75) is 6.92 Å². The number of aryl methyl sites for hydroxylation is 1. The van der Waals surface area contributed by atoms with Gasteiger partial charge in [0.15, 0.2) is 0 Å². The molecule has 2 aromatic rings. The van der Waals surface area contributed by atoms with Gasteiger partial charge >= 0.3 is 0 Å². The van der Waals surface area contributed by atoms with E-state index in [2.05, 4.69) is 43.8 Å². The summed E-state index contributed by atoms with van der Waals surface area (Å²) < 4.78 is 1.91. The monoisotopic (exact) mass is 449 g/mol. The highest BCUT2D eigenvalue weighted by atomic mass is 127. The fourth-order valence-electron chi connectivity index (χ4n) is 1.65. The van der Waals surface area contributed by atoms with Gasteiger partial charge in [0.25, 0.3) is 5.91 Å². The van der Waals surface area contributed by atoms with Gasteiger partial charge in [-0.25, -0.2) is 0 Å². The van der Waals surface area contributed by atoms with E-state index in [1.165, 1.54) is 0 Å². The van der Waals surface area contributed by atoms with Crippen LogP contribution in [0.1, 0.15) is 15.9 Å². The van der Waals surface area contributed by atoms with Crippen LogP contribution in [-0.2, 0) is 0 Å². The van der Waals surface area contributed by atoms with Crippen molar-refractivity contribution in [2.24, 2.45) is 0 Å². The third kappa shape index (κ3) is 3.94. The highest BCUT2D eigenvalue weighted by Gasteiger charge is 2.09. The number of nitrogens with one attached hydrogen (secondary N) is 1. The molecule has 1 amide bonds. The predicted molar refractivity (Wildman–Crippen MR) is 91.0 cm³/mol. The Morgan fingerprint density at radius 3 is 2.63 bits per heavy atom. The molecule has 2 rings (SSSR count). The summed E-state index contributed by atoms with van der Waals surface area (Å²) in [4.78, 5) is 12.2. The summed E-state index contributed by atoms with van der Waals surface area (Å²) in [5.41, 5.74) is 2.24. The summed E-state index contributed by atoms with van der Waals surface area (Å²) in [7, 11) is 0. The largest absolute Gasteiger partial charge is 0.321 e. The molecule has 0 fully saturated rings. The van der Waals surface area contributed by atoms with E-state index in [0.717, 1.165) is 13.6 Å². The molecule has 2 aromatic carbocycles. The lowest BCUT2D eigenvalue weighted by atomic mass is 10.1. The topological polar surface area (TPSA) is 29.1 Å². The Kier molecular flexibility index (Phi) is 4.86. The number of benzene rings is 2. The fraction of sp³-hybridized carbons (Fsp3) is 0.0714. The van der Waals surface area contributed by atoms with Crippen molar-refractivity contribution in [3.05, 3.63) is 60.6 Å². The maximum Gasteiger partial charge on any atom is 0.255 e. The molecule has 1 N–H and O–H groups in total. The van der Waals surface area contributed by atoms with Crippen molar-refractivity contribution in [3.63, 3.8) is 0 Å². The molecule has 0 saturated carbocycles. The smallest absolute Gasteiger partial charge is 0.255 e. The van der Waals surface area contributed by atoms with Crippen molar-refractivity contribution in [1.29, 1.82) is 0 Å². The molecule has 19 heavy (non-hydrogen) atoms. The Morgan fingerprint density at radius 1 is 1.26 bits per heavy atom. The highest BCUT2D eigenvalue weighted by molar-refractivity contribution is 14.1. The number of rotatable bonds is 2. The maximum atomic E-state index is 12.2. The van der Waals surface area contributed by atoms with Crippen molar-refractivity contribution in [2.75, 3.05) is 5.32 Å². The normalized spacial score (nSPS) is 10.3. The second-order valence-electron chi connectivity index (χ2n) is 4.10. The number of carbonyl (C=O) groups excluding carboxylic acids is 1. The molecule has 0 aliphatic carbocycles. The van der Waals surface area contributed by atoms with Crippen LogP contribution in [0.25, 0.3) is 0 Å². The third-order valence-electron chi connectivity index (χ3n) is 2.48. The minimum atomic E-state index is -0.174. The number of hydrogen-bond donors (Lipinski definition) is 1. The summed E-state index contributed by atoms with van der Waals surface area (Å²) in [6, 6.07) is 11.1. The van der Waals surface area contributed by atoms with Crippen LogP contribution in [0, 0.1) is 10.5 Å². The van der Waals surface area contributed by atoms with Gasteiger partial charge < -0.3 is 5.32 Å². The molecular formula is C14H10BrClINO. The molecule has 2 nitrogen and oxygen atoms in total. The minimum absolute atomic E-state index is 0.174. The molecule has 0 spiro atoms. The predicted octanol–water partition coefficient (Wildman–Crippen LogP) is 5.27. The number of carbonyl (C=O) groups is 1. The molecular weight excluding hydrogens is 440 g/mol. The molecule has 0 heterocycles. The van der Waals surface area contributed by atoms with Gasteiger partial charge in [-0.15, -0.1) is 0 Å². The molecule has 0 saturated heterocycles. The first-order valence-corrected chi connectivity index (χ1v) is 7.74. The van der Waals surface area contributed by atoms with Gasteiger partial charge in [-0.2, -0.15) is 0 Å². The van der Waals surface area contributed by atoms with Crippen LogP contribution in [-0.4, -0.2) is 5.91 Å². The molecule has 0 bridgehead atoms. The van der Waals surface area contributed by atoms with Crippen molar-refractivity contribution >= 4 is 61.7 Å². The summed E-state index contributed by atoms with van der Waals surface area (Å²) in [6.45, 7) is 1.94. The van der Waals surface area contributed by atoms with Gasteiger partial charge in [0.05, 0.1) is 10.7 Å². The number of amides is 1. The Balaban J connectivity index is 2.25. The Hall–Kier alpha value is -0.590. The van der Waals surface area contributed by atoms with Gasteiger partial charge in [-0.3, -0.25) is 4.79 Å². The van der Waals surface area contributed by atoms with Gasteiger partial charge in [-0.05, 0) is 71.5 Å². The lowest BCUT2D eigenvalue weighted by molar-refractivity contribution is 0.102. The molecule has 0 aliphatic heterocycles. The van der Waals surface area contributed by atoms with E-state index in [4.69, 9.17) is 11.6 Å². The lowest BCUT2D eigenvalue weighted by Crippen LogP contribution is -2.12. The zero-order chi connectivity index (χ0) is 14.0. The average Bonchev–Trinajstić information content (AvgIpc) is 2.31. The molecule has 0 radical (unpaired) electrons. The van der Waals surface area contributed by atoms with Crippen LogP contribution in [0.2, 0.25) is 5.02 Å². The van der Waals surface area contributed by atoms with E-state index < -0.39 is 0 Å². The molecule has 5 heteroatoms. The molecule has 0 aromatic heterocycles. The Morgan fingerprint density at radius 2 is 2.00 bits per heavy atom. The highest BCUT2D eigenvalue weighted by Crippen LogP contribution is 2.25. The maximum absolute atomic E-state index is 12.2. The summed E-state index contributed by atoms with van der Waals surface area (Å²) in [6.07, 6.45) is 0. The van der Waals surface area contributed by atoms with Gasteiger partial charge in [-0.1, -0.05) is 27.5 Å². The molecule has 0 aliphatic rings. The van der Waals surface area contributed by atoms with Crippen LogP contribution in [0.3, 0.4) is 0 Å². The van der Waals surface area contributed by atoms with Crippen molar-refractivity contribution in [1.82, 2.24) is 0 Å². The van der Waals surface area contributed by atoms with E-state index in [1.807, 2.05) is 31.2 Å². The zero-order valence-corrected chi connectivity index (χ0v) is 14.5. The van der Waals surface area contributed by atoms with E-state index in [-0.39, 0.29) is 5.91 Å². The second-order valence-corrected chi connectivity index (χ2v) is 6.66. The SMILES string of the molecule is Cc1cc(Br)cc(C(=O)Nc2ccc(I)cc2Cl)c1. The van der Waals surface area contributed by atoms with Crippen molar-refractivity contribution < 1.29 is 4.79 Å². The van der Waals surface area contributed by atoms with Gasteiger partial charge in [0.2, 0.25) is 0 Å². The standard InChI is InChI=1S/C14H10BrClINO/c1-8-4-9(6-10(15)5-8)14(19)18-13-3-2-11(17)7-12(13)16/h2-7H,1H3,(H,18,19). The van der Waals surface area contributed by atoms with Crippen LogP contribution in [0.4, 0.5) is 5.69 Å². The minimum Gasteiger partial charge on any atom is -0.321 e. The second kappa shape index (κ2) is 6.24. The zero-order valence-electron chi connectivity index (χ0n) is 10.0. The first-order chi connectivity index (χ1) is 8.95. The summed E-state index contributed by atoms with van der Waals surface area (Å²) in [5, 5.41) is 3.35. The number of hydrogen-bond acceptors (Lipinski definition) is 1. The Bertz CT molecular complexity index is 625. The number of halogens is 3. The van der Waals surface area contributed by atoms with Crippen molar-refractivity contribution in [3.8, 4) is 0 Å². The summed E-state index contributed by atoms with van der Waals surface area (Å²) in [5.74, 6) is -0.174. The third-order valence-corrected chi connectivity index (χ3v) is 3.93. The van der Waals surface area contributed by atoms with Crippen LogP contribution < -0.4 is 5.32 Å². The van der Waals surface area contributed by atoms with Gasteiger partial charge in [0, 0.05) is 13.6 Å². The van der Waals surface area contributed by atoms with Gasteiger partial charge in [0.1, 0.15) is 0 Å². The molecule has 98 valence electrons. The Labute approximate surface area is 138 Å². The van der Waals surface area contributed by atoms with Crippen LogP contribution >= 0.6 is 50.1 Å². The van der Waals surface area contributed by atoms with E-state index in [9.17, 15) is 4.79 Å².